The minimum atomic E-state index is 0.0107. The Kier molecular flexibility index (Phi) is 6.04. The van der Waals surface area contributed by atoms with Crippen LogP contribution in [0.3, 0.4) is 0 Å². The lowest BCUT2D eigenvalue weighted by Gasteiger charge is -2.07. The van der Waals surface area contributed by atoms with E-state index in [1.54, 1.807) is 29.2 Å². The van der Waals surface area contributed by atoms with Crippen LogP contribution in [0.5, 0.6) is 0 Å². The topological polar surface area (TPSA) is 85.1 Å². The van der Waals surface area contributed by atoms with Crippen LogP contribution >= 0.6 is 23.2 Å². The predicted octanol–water partition coefficient (Wildman–Crippen LogP) is 2.75. The molecule has 0 bridgehead atoms. The van der Waals surface area contributed by atoms with Gasteiger partial charge in [0.1, 0.15) is 11.0 Å². The summed E-state index contributed by atoms with van der Waals surface area (Å²) >= 11 is 11.9. The summed E-state index contributed by atoms with van der Waals surface area (Å²) in [6.07, 6.45) is 3.41. The summed E-state index contributed by atoms with van der Waals surface area (Å²) in [7, 11) is 0. The van der Waals surface area contributed by atoms with E-state index in [0.29, 0.717) is 42.3 Å². The van der Waals surface area contributed by atoms with Gasteiger partial charge < -0.3 is 15.2 Å². The number of hydrogen-bond acceptors (Lipinski definition) is 6. The van der Waals surface area contributed by atoms with Gasteiger partial charge in [-0.1, -0.05) is 29.3 Å². The Morgan fingerprint density at radius 2 is 2.04 bits per heavy atom. The molecule has 2 aromatic heterocycles. The highest BCUT2D eigenvalue weighted by molar-refractivity contribution is 6.42. The zero-order valence-electron chi connectivity index (χ0n) is 13.3. The summed E-state index contributed by atoms with van der Waals surface area (Å²) in [5.74, 6) is 0.509. The van der Waals surface area contributed by atoms with Crippen molar-refractivity contribution in [2.75, 3.05) is 25.1 Å². The number of fused-ring (bicyclic) bond motifs is 1. The fraction of sp³-hybridized carbons (Fsp3) is 0.312. The second-order valence-electron chi connectivity index (χ2n) is 5.27. The first-order valence-electron chi connectivity index (χ1n) is 7.72. The summed E-state index contributed by atoms with van der Waals surface area (Å²) in [6.45, 7) is 1.90. The minimum absolute atomic E-state index is 0.0107. The van der Waals surface area contributed by atoms with Crippen LogP contribution in [0, 0.1) is 0 Å². The van der Waals surface area contributed by atoms with Crippen molar-refractivity contribution in [1.82, 2.24) is 19.7 Å². The van der Waals surface area contributed by atoms with Crippen LogP contribution in [0.15, 0.2) is 30.6 Å². The quantitative estimate of drug-likeness (QED) is 0.583. The SMILES string of the molecule is OCCOCCn1ncc2nc(NCc3ccc(Cl)c(Cl)c3)ncc21. The normalized spacial score (nSPS) is 11.2. The molecule has 0 amide bonds. The molecular weight excluding hydrogens is 365 g/mol. The van der Waals surface area contributed by atoms with Crippen molar-refractivity contribution in [2.24, 2.45) is 0 Å². The maximum absolute atomic E-state index is 8.70. The van der Waals surface area contributed by atoms with Crippen molar-refractivity contribution < 1.29 is 9.84 Å². The average molecular weight is 382 g/mol. The van der Waals surface area contributed by atoms with Gasteiger partial charge in [-0.15, -0.1) is 0 Å². The molecule has 132 valence electrons. The molecule has 0 unspecified atom stereocenters. The highest BCUT2D eigenvalue weighted by atomic mass is 35.5. The molecule has 2 heterocycles. The molecule has 0 aliphatic heterocycles. The molecule has 0 aliphatic carbocycles. The van der Waals surface area contributed by atoms with Crippen molar-refractivity contribution in [3.8, 4) is 0 Å². The van der Waals surface area contributed by atoms with E-state index in [4.69, 9.17) is 33.0 Å². The van der Waals surface area contributed by atoms with Gasteiger partial charge in [-0.05, 0) is 17.7 Å². The fourth-order valence-corrected chi connectivity index (χ4v) is 2.60. The molecular formula is C16H17Cl2N5O2. The van der Waals surface area contributed by atoms with E-state index in [1.165, 1.54) is 0 Å². The van der Waals surface area contributed by atoms with Crippen molar-refractivity contribution in [3.05, 3.63) is 46.2 Å². The monoisotopic (exact) mass is 381 g/mol. The summed E-state index contributed by atoms with van der Waals surface area (Å²) < 4.78 is 7.02. The van der Waals surface area contributed by atoms with Gasteiger partial charge >= 0.3 is 0 Å². The molecule has 0 saturated heterocycles. The number of anilines is 1. The molecule has 2 N–H and O–H groups in total. The van der Waals surface area contributed by atoms with Gasteiger partial charge in [0.2, 0.25) is 5.95 Å². The number of nitrogens with zero attached hydrogens (tertiary/aromatic N) is 4. The highest BCUT2D eigenvalue weighted by Crippen LogP contribution is 2.23. The maximum atomic E-state index is 8.70. The molecule has 0 fully saturated rings. The van der Waals surface area contributed by atoms with Crippen LogP contribution in [0.25, 0.3) is 11.0 Å². The summed E-state index contributed by atoms with van der Waals surface area (Å²) in [6, 6.07) is 5.46. The molecule has 7 nitrogen and oxygen atoms in total. The van der Waals surface area contributed by atoms with Crippen molar-refractivity contribution in [2.45, 2.75) is 13.1 Å². The standard InChI is InChI=1S/C16H17Cl2N5O2/c17-12-2-1-11(7-13(12)18)8-19-16-20-10-15-14(22-16)9-21-23(15)3-5-25-6-4-24/h1-2,7,9-10,24H,3-6,8H2,(H,19,20,22). The molecule has 0 saturated carbocycles. The number of benzene rings is 1. The zero-order valence-corrected chi connectivity index (χ0v) is 14.8. The molecule has 3 rings (SSSR count). The van der Waals surface area contributed by atoms with Crippen LogP contribution in [0.1, 0.15) is 5.56 Å². The smallest absolute Gasteiger partial charge is 0.223 e. The number of ether oxygens (including phenoxy) is 1. The van der Waals surface area contributed by atoms with Crippen molar-refractivity contribution in [1.29, 1.82) is 0 Å². The first-order chi connectivity index (χ1) is 12.2. The minimum Gasteiger partial charge on any atom is -0.394 e. The van der Waals surface area contributed by atoms with E-state index >= 15 is 0 Å². The molecule has 0 spiro atoms. The lowest BCUT2D eigenvalue weighted by Crippen LogP contribution is -2.09. The lowest BCUT2D eigenvalue weighted by molar-refractivity contribution is 0.0860. The number of aromatic nitrogens is 4. The first kappa shape index (κ1) is 17.9. The third-order valence-corrected chi connectivity index (χ3v) is 4.25. The van der Waals surface area contributed by atoms with Crippen molar-refractivity contribution >= 4 is 40.2 Å². The number of aliphatic hydroxyl groups is 1. The van der Waals surface area contributed by atoms with E-state index in [-0.39, 0.29) is 6.61 Å². The van der Waals surface area contributed by atoms with Crippen LogP contribution in [-0.2, 0) is 17.8 Å². The number of aliphatic hydroxyl groups excluding tert-OH is 1. The lowest BCUT2D eigenvalue weighted by atomic mass is 10.2. The third kappa shape index (κ3) is 4.58. The largest absolute Gasteiger partial charge is 0.394 e. The van der Waals surface area contributed by atoms with Gasteiger partial charge in [0.25, 0.3) is 0 Å². The second-order valence-corrected chi connectivity index (χ2v) is 6.08. The van der Waals surface area contributed by atoms with Gasteiger partial charge in [-0.3, -0.25) is 4.68 Å². The Morgan fingerprint density at radius 3 is 2.84 bits per heavy atom. The molecule has 1 aromatic carbocycles. The zero-order chi connectivity index (χ0) is 17.6. The van der Waals surface area contributed by atoms with Crippen LogP contribution in [0.2, 0.25) is 10.0 Å². The van der Waals surface area contributed by atoms with Gasteiger partial charge in [0.15, 0.2) is 0 Å². The van der Waals surface area contributed by atoms with Gasteiger partial charge in [-0.2, -0.15) is 5.10 Å². The second kappa shape index (κ2) is 8.44. The Bertz CT molecular complexity index is 856. The van der Waals surface area contributed by atoms with Crippen LogP contribution < -0.4 is 5.32 Å². The summed E-state index contributed by atoms with van der Waals surface area (Å²) in [5.41, 5.74) is 2.55. The van der Waals surface area contributed by atoms with Crippen molar-refractivity contribution in [3.63, 3.8) is 0 Å². The maximum Gasteiger partial charge on any atom is 0.223 e. The number of nitrogens with one attached hydrogen (secondary N) is 1. The van der Waals surface area contributed by atoms with Crippen LogP contribution in [-0.4, -0.2) is 44.7 Å². The fourth-order valence-electron chi connectivity index (χ4n) is 2.28. The third-order valence-electron chi connectivity index (χ3n) is 3.51. The number of rotatable bonds is 8. The van der Waals surface area contributed by atoms with E-state index in [9.17, 15) is 0 Å². The Balaban J connectivity index is 1.64. The number of halogens is 2. The highest BCUT2D eigenvalue weighted by Gasteiger charge is 2.07. The summed E-state index contributed by atoms with van der Waals surface area (Å²) in [4.78, 5) is 8.77. The van der Waals surface area contributed by atoms with E-state index in [1.807, 2.05) is 6.07 Å². The molecule has 0 aliphatic rings. The molecule has 25 heavy (non-hydrogen) atoms. The van der Waals surface area contributed by atoms with E-state index in [0.717, 1.165) is 16.6 Å². The van der Waals surface area contributed by atoms with Crippen LogP contribution in [0.4, 0.5) is 5.95 Å². The molecule has 3 aromatic rings. The Hall–Kier alpha value is -1.93. The Morgan fingerprint density at radius 1 is 1.16 bits per heavy atom. The van der Waals surface area contributed by atoms with Gasteiger partial charge in [-0.25, -0.2) is 9.97 Å². The van der Waals surface area contributed by atoms with E-state index in [2.05, 4.69) is 20.4 Å². The average Bonchev–Trinajstić information content (AvgIpc) is 3.02. The molecule has 0 radical (unpaired) electrons. The molecule has 9 heteroatoms. The summed E-state index contributed by atoms with van der Waals surface area (Å²) in [5, 5.41) is 17.2. The number of hydrogen-bond donors (Lipinski definition) is 2. The van der Waals surface area contributed by atoms with E-state index < -0.39 is 0 Å². The Labute approximate surface area is 154 Å². The van der Waals surface area contributed by atoms with Gasteiger partial charge in [0.05, 0.1) is 48.8 Å². The first-order valence-corrected chi connectivity index (χ1v) is 8.48. The predicted molar refractivity (Wildman–Crippen MR) is 97.0 cm³/mol. The van der Waals surface area contributed by atoms with Gasteiger partial charge in [0, 0.05) is 6.54 Å². The molecule has 0 atom stereocenters.